The number of hydrogen-bond acceptors (Lipinski definition) is 6. The second kappa shape index (κ2) is 6.40. The standard InChI is InChI=1S/C20H20N4O4/c1-11-9-21-10-12(2)13(11)8-15(25)14-4-5-16(28-3)17-22-18(23-24(14)17)20(6-7-20)19(26)27/h4-5,9-10H,6-8H2,1-3H3,(H,26,27). The highest BCUT2D eigenvalue weighted by atomic mass is 16.5. The van der Waals surface area contributed by atoms with Crippen LogP contribution >= 0.6 is 0 Å². The molecule has 1 fully saturated rings. The van der Waals surface area contributed by atoms with Gasteiger partial charge >= 0.3 is 5.97 Å². The average molecular weight is 380 g/mol. The van der Waals surface area contributed by atoms with Crippen LogP contribution in [0.4, 0.5) is 0 Å². The highest BCUT2D eigenvalue weighted by Gasteiger charge is 2.55. The van der Waals surface area contributed by atoms with Crippen LogP contribution in [0.2, 0.25) is 0 Å². The molecule has 0 atom stereocenters. The van der Waals surface area contributed by atoms with Crippen LogP contribution < -0.4 is 4.74 Å². The number of carboxylic acid groups (broad SMARTS) is 1. The molecule has 0 amide bonds. The van der Waals surface area contributed by atoms with E-state index in [-0.39, 0.29) is 18.0 Å². The molecule has 0 bridgehead atoms. The van der Waals surface area contributed by atoms with E-state index in [1.165, 1.54) is 11.6 Å². The van der Waals surface area contributed by atoms with Gasteiger partial charge in [0.25, 0.3) is 0 Å². The Labute approximate surface area is 161 Å². The van der Waals surface area contributed by atoms with Gasteiger partial charge in [-0.15, -0.1) is 5.10 Å². The number of carboxylic acids is 1. The minimum atomic E-state index is -1.06. The van der Waals surface area contributed by atoms with Crippen LogP contribution in [-0.4, -0.2) is 43.6 Å². The number of pyridine rings is 2. The number of carbonyl (C=O) groups excluding carboxylic acids is 1. The van der Waals surface area contributed by atoms with E-state index in [1.807, 2.05) is 13.8 Å². The third-order valence-corrected chi connectivity index (χ3v) is 5.37. The van der Waals surface area contributed by atoms with Crippen LogP contribution in [-0.2, 0) is 16.6 Å². The lowest BCUT2D eigenvalue weighted by Crippen LogP contribution is -2.21. The summed E-state index contributed by atoms with van der Waals surface area (Å²) in [5, 5.41) is 13.9. The lowest BCUT2D eigenvalue weighted by Gasteiger charge is -2.10. The van der Waals surface area contributed by atoms with Crippen LogP contribution in [0.3, 0.4) is 0 Å². The molecule has 4 rings (SSSR count). The summed E-state index contributed by atoms with van der Waals surface area (Å²) in [5.41, 5.74) is 2.44. The highest BCUT2D eigenvalue weighted by molar-refractivity contribution is 5.97. The van der Waals surface area contributed by atoms with Gasteiger partial charge in [-0.05, 0) is 55.5 Å². The molecular formula is C20H20N4O4. The molecule has 28 heavy (non-hydrogen) atoms. The smallest absolute Gasteiger partial charge is 0.317 e. The Morgan fingerprint density at radius 2 is 1.89 bits per heavy atom. The van der Waals surface area contributed by atoms with Crippen molar-refractivity contribution < 1.29 is 19.4 Å². The maximum atomic E-state index is 13.1. The van der Waals surface area contributed by atoms with E-state index in [1.54, 1.807) is 24.5 Å². The lowest BCUT2D eigenvalue weighted by atomic mass is 9.99. The predicted octanol–water partition coefficient (Wildman–Crippen LogP) is 2.29. The fourth-order valence-electron chi connectivity index (χ4n) is 3.43. The van der Waals surface area contributed by atoms with Crippen LogP contribution in [0, 0.1) is 13.8 Å². The number of fused-ring (bicyclic) bond motifs is 1. The number of nitrogens with zero attached hydrogens (tertiary/aromatic N) is 4. The van der Waals surface area contributed by atoms with E-state index in [2.05, 4.69) is 15.1 Å². The highest BCUT2D eigenvalue weighted by Crippen LogP contribution is 2.47. The number of carbonyl (C=O) groups is 2. The summed E-state index contributed by atoms with van der Waals surface area (Å²) in [4.78, 5) is 33.3. The number of methoxy groups -OCH3 is 1. The molecule has 0 aliphatic heterocycles. The predicted molar refractivity (Wildman–Crippen MR) is 99.8 cm³/mol. The van der Waals surface area contributed by atoms with Crippen LogP contribution in [0.15, 0.2) is 24.5 Å². The minimum Gasteiger partial charge on any atom is -0.493 e. The average Bonchev–Trinajstić information content (AvgIpc) is 3.36. The van der Waals surface area contributed by atoms with Crippen molar-refractivity contribution in [2.45, 2.75) is 38.5 Å². The molecule has 1 aliphatic rings. The fourth-order valence-corrected chi connectivity index (χ4v) is 3.43. The molecule has 0 radical (unpaired) electrons. The van der Waals surface area contributed by atoms with Crippen molar-refractivity contribution in [1.82, 2.24) is 19.6 Å². The van der Waals surface area contributed by atoms with Gasteiger partial charge in [0, 0.05) is 18.8 Å². The van der Waals surface area contributed by atoms with Gasteiger partial charge < -0.3 is 9.84 Å². The van der Waals surface area contributed by atoms with Gasteiger partial charge in [0.15, 0.2) is 23.0 Å². The number of aliphatic carboxylic acids is 1. The molecule has 144 valence electrons. The number of ether oxygens (including phenoxy) is 1. The summed E-state index contributed by atoms with van der Waals surface area (Å²) in [6.07, 6.45) is 4.63. The quantitative estimate of drug-likeness (QED) is 0.654. The molecule has 1 saturated carbocycles. The van der Waals surface area contributed by atoms with E-state index in [9.17, 15) is 14.7 Å². The zero-order valence-electron chi connectivity index (χ0n) is 15.9. The number of aryl methyl sites for hydroxylation is 2. The molecule has 3 aromatic rings. The molecule has 8 nitrogen and oxygen atoms in total. The first-order valence-electron chi connectivity index (χ1n) is 8.98. The normalized spacial score (nSPS) is 14.8. The van der Waals surface area contributed by atoms with Crippen LogP contribution in [0.5, 0.6) is 5.75 Å². The van der Waals surface area contributed by atoms with Crippen molar-refractivity contribution in [3.05, 3.63) is 52.7 Å². The van der Waals surface area contributed by atoms with Crippen molar-refractivity contribution in [3.8, 4) is 5.75 Å². The first kappa shape index (κ1) is 18.1. The van der Waals surface area contributed by atoms with Gasteiger partial charge in [-0.2, -0.15) is 0 Å². The minimum absolute atomic E-state index is 0.137. The molecular weight excluding hydrogens is 360 g/mol. The molecule has 1 N–H and O–H groups in total. The Kier molecular flexibility index (Phi) is 4.14. The Morgan fingerprint density at radius 3 is 2.46 bits per heavy atom. The largest absolute Gasteiger partial charge is 0.493 e. The molecule has 8 heteroatoms. The lowest BCUT2D eigenvalue weighted by molar-refractivity contribution is -0.140. The SMILES string of the molecule is COc1ccc(C(=O)Cc2c(C)cncc2C)n2nc(C3(C(=O)O)CC3)nc12. The molecule has 1 aliphatic carbocycles. The van der Waals surface area contributed by atoms with Gasteiger partial charge in [0.1, 0.15) is 11.1 Å². The van der Waals surface area contributed by atoms with Crippen molar-refractivity contribution >= 4 is 17.4 Å². The van der Waals surface area contributed by atoms with E-state index < -0.39 is 11.4 Å². The van der Waals surface area contributed by atoms with Gasteiger partial charge in [0.05, 0.1) is 7.11 Å². The second-order valence-corrected chi connectivity index (χ2v) is 7.20. The Balaban J connectivity index is 1.80. The second-order valence-electron chi connectivity index (χ2n) is 7.20. The summed E-state index contributed by atoms with van der Waals surface area (Å²) < 4.78 is 6.74. The monoisotopic (exact) mass is 380 g/mol. The zero-order valence-corrected chi connectivity index (χ0v) is 15.9. The summed E-state index contributed by atoms with van der Waals surface area (Å²) in [6, 6.07) is 3.30. The summed E-state index contributed by atoms with van der Waals surface area (Å²) in [7, 11) is 1.50. The maximum Gasteiger partial charge on any atom is 0.317 e. The van der Waals surface area contributed by atoms with E-state index in [0.29, 0.717) is 29.9 Å². The molecule has 0 saturated heterocycles. The first-order chi connectivity index (χ1) is 13.4. The van der Waals surface area contributed by atoms with Crippen LogP contribution in [0.1, 0.15) is 45.8 Å². The third-order valence-electron chi connectivity index (χ3n) is 5.37. The first-order valence-corrected chi connectivity index (χ1v) is 8.98. The van der Waals surface area contributed by atoms with Crippen LogP contribution in [0.25, 0.3) is 5.65 Å². The van der Waals surface area contributed by atoms with Gasteiger partial charge in [-0.1, -0.05) is 0 Å². The maximum absolute atomic E-state index is 13.1. The number of ketones is 1. The van der Waals surface area contributed by atoms with Crippen molar-refractivity contribution in [2.24, 2.45) is 0 Å². The summed E-state index contributed by atoms with van der Waals surface area (Å²) >= 11 is 0. The Morgan fingerprint density at radius 1 is 1.21 bits per heavy atom. The van der Waals surface area contributed by atoms with Gasteiger partial charge in [-0.3, -0.25) is 14.6 Å². The van der Waals surface area contributed by atoms with Crippen molar-refractivity contribution in [1.29, 1.82) is 0 Å². The Hall–Kier alpha value is -3.29. The molecule has 0 spiro atoms. The fraction of sp³-hybridized carbons (Fsp3) is 0.350. The zero-order chi connectivity index (χ0) is 20.1. The van der Waals surface area contributed by atoms with E-state index >= 15 is 0 Å². The number of aromatic nitrogens is 4. The summed E-state index contributed by atoms with van der Waals surface area (Å²) in [5.74, 6) is -0.428. The van der Waals surface area contributed by atoms with Gasteiger partial charge in [0.2, 0.25) is 0 Å². The third kappa shape index (κ3) is 2.72. The molecule has 3 aromatic heterocycles. The summed E-state index contributed by atoms with van der Waals surface area (Å²) in [6.45, 7) is 3.84. The topological polar surface area (TPSA) is 107 Å². The van der Waals surface area contributed by atoms with Crippen molar-refractivity contribution in [2.75, 3.05) is 7.11 Å². The molecule has 0 aromatic carbocycles. The molecule has 0 unspecified atom stereocenters. The Bertz CT molecular complexity index is 1090. The number of Topliss-reactive ketones (excluding diaryl/α,β-unsaturated/α-hetero) is 1. The van der Waals surface area contributed by atoms with Crippen molar-refractivity contribution in [3.63, 3.8) is 0 Å². The number of rotatable bonds is 6. The van der Waals surface area contributed by atoms with E-state index in [0.717, 1.165) is 16.7 Å². The number of hydrogen-bond donors (Lipinski definition) is 1. The van der Waals surface area contributed by atoms with E-state index in [4.69, 9.17) is 4.74 Å². The molecule has 3 heterocycles. The van der Waals surface area contributed by atoms with Gasteiger partial charge in [-0.25, -0.2) is 9.50 Å².